The number of halogens is 1. The van der Waals surface area contributed by atoms with E-state index in [1.54, 1.807) is 14.0 Å². The lowest BCUT2D eigenvalue weighted by Crippen LogP contribution is -2.21. The van der Waals surface area contributed by atoms with E-state index in [0.717, 1.165) is 0 Å². The summed E-state index contributed by atoms with van der Waals surface area (Å²) in [5.74, 6) is -1.55. The molecule has 0 bridgehead atoms. The molecule has 1 aromatic heterocycles. The van der Waals surface area contributed by atoms with Crippen molar-refractivity contribution < 1.29 is 14.3 Å². The Balaban J connectivity index is 2.90. The summed E-state index contributed by atoms with van der Waals surface area (Å²) in [6.07, 6.45) is 1.45. The molecule has 0 fully saturated rings. The predicted octanol–water partition coefficient (Wildman–Crippen LogP) is 0.928. The van der Waals surface area contributed by atoms with Crippen LogP contribution >= 0.6 is 15.9 Å². The number of esters is 1. The molecule has 0 amide bonds. The number of carbonyl (C=O) groups is 2. The van der Waals surface area contributed by atoms with Gasteiger partial charge in [0.05, 0.1) is 12.8 Å². The monoisotopic (exact) mass is 260 g/mol. The fourth-order valence-corrected chi connectivity index (χ4v) is 1.16. The van der Waals surface area contributed by atoms with Crippen LogP contribution in [0.3, 0.4) is 0 Å². The van der Waals surface area contributed by atoms with E-state index in [2.05, 4.69) is 25.7 Å². The first-order valence-electron chi connectivity index (χ1n) is 3.96. The van der Waals surface area contributed by atoms with Gasteiger partial charge in [0, 0.05) is 7.05 Å². The highest BCUT2D eigenvalue weighted by molar-refractivity contribution is 9.10. The summed E-state index contributed by atoms with van der Waals surface area (Å²) in [7, 11) is 1.63. The lowest BCUT2D eigenvalue weighted by atomic mass is 10.4. The number of hydrogen-bond acceptors (Lipinski definition) is 4. The van der Waals surface area contributed by atoms with Crippen molar-refractivity contribution in [3.63, 3.8) is 0 Å². The van der Waals surface area contributed by atoms with Crippen molar-refractivity contribution in [2.24, 2.45) is 7.05 Å². The fraction of sp³-hybridized carbons (Fsp3) is 0.375. The SMILES string of the molecule is CCOC(=O)C(=O)c1ncc(Br)n1C. The number of imidazole rings is 1. The Hall–Kier alpha value is -1.17. The predicted molar refractivity (Wildman–Crippen MR) is 51.9 cm³/mol. The Bertz CT molecular complexity index is 373. The molecule has 0 saturated heterocycles. The summed E-state index contributed by atoms with van der Waals surface area (Å²) in [5.41, 5.74) is 0. The molecule has 0 radical (unpaired) electrons. The van der Waals surface area contributed by atoms with Gasteiger partial charge in [0.2, 0.25) is 0 Å². The Labute approximate surface area is 89.2 Å². The average molecular weight is 261 g/mol. The molecule has 0 aliphatic carbocycles. The fourth-order valence-electron chi connectivity index (χ4n) is 0.888. The van der Waals surface area contributed by atoms with Gasteiger partial charge in [-0.2, -0.15) is 0 Å². The van der Waals surface area contributed by atoms with Crippen molar-refractivity contribution in [1.82, 2.24) is 9.55 Å². The van der Waals surface area contributed by atoms with Gasteiger partial charge >= 0.3 is 11.8 Å². The van der Waals surface area contributed by atoms with Gasteiger partial charge < -0.3 is 9.30 Å². The summed E-state index contributed by atoms with van der Waals surface area (Å²) in [6, 6.07) is 0. The normalized spacial score (nSPS) is 9.93. The highest BCUT2D eigenvalue weighted by atomic mass is 79.9. The molecule has 0 spiro atoms. The van der Waals surface area contributed by atoms with Gasteiger partial charge in [-0.1, -0.05) is 0 Å². The highest BCUT2D eigenvalue weighted by Gasteiger charge is 2.22. The number of ketones is 1. The van der Waals surface area contributed by atoms with E-state index >= 15 is 0 Å². The van der Waals surface area contributed by atoms with E-state index in [1.807, 2.05) is 0 Å². The molecule has 0 aliphatic rings. The van der Waals surface area contributed by atoms with Crippen LogP contribution < -0.4 is 0 Å². The van der Waals surface area contributed by atoms with E-state index < -0.39 is 11.8 Å². The Morgan fingerprint density at radius 2 is 2.29 bits per heavy atom. The van der Waals surface area contributed by atoms with E-state index in [4.69, 9.17) is 0 Å². The van der Waals surface area contributed by atoms with Crippen LogP contribution in [-0.2, 0) is 16.6 Å². The number of ether oxygens (including phenoxy) is 1. The van der Waals surface area contributed by atoms with Gasteiger partial charge in [-0.25, -0.2) is 9.78 Å². The maximum absolute atomic E-state index is 11.4. The standard InChI is InChI=1S/C8H9BrN2O3/c1-3-14-8(13)6(12)7-10-4-5(9)11(7)2/h4H,3H2,1-2H3. The number of rotatable bonds is 3. The minimum Gasteiger partial charge on any atom is -0.460 e. The topological polar surface area (TPSA) is 61.2 Å². The van der Waals surface area contributed by atoms with Gasteiger partial charge in [-0.15, -0.1) is 0 Å². The van der Waals surface area contributed by atoms with Crippen LogP contribution in [0.25, 0.3) is 0 Å². The summed E-state index contributed by atoms with van der Waals surface area (Å²) in [6.45, 7) is 1.82. The summed E-state index contributed by atoms with van der Waals surface area (Å²) in [5, 5.41) is 0. The minimum atomic E-state index is -0.881. The second-order valence-corrected chi connectivity index (χ2v) is 3.33. The molecule has 0 atom stereocenters. The van der Waals surface area contributed by atoms with Crippen molar-refractivity contribution in [3.8, 4) is 0 Å². The Morgan fingerprint density at radius 1 is 1.64 bits per heavy atom. The number of aromatic nitrogens is 2. The van der Waals surface area contributed by atoms with Crippen molar-refractivity contribution in [2.75, 3.05) is 6.61 Å². The van der Waals surface area contributed by atoms with Crippen LogP contribution in [0.5, 0.6) is 0 Å². The third-order valence-electron chi connectivity index (χ3n) is 1.60. The molecule has 1 rings (SSSR count). The summed E-state index contributed by atoms with van der Waals surface area (Å²) in [4.78, 5) is 26.2. The number of carbonyl (C=O) groups excluding carboxylic acids is 2. The lowest BCUT2D eigenvalue weighted by Gasteiger charge is -2.01. The molecule has 0 aliphatic heterocycles. The van der Waals surface area contributed by atoms with Crippen LogP contribution in [0.2, 0.25) is 0 Å². The average Bonchev–Trinajstić information content (AvgIpc) is 2.47. The second-order valence-electron chi connectivity index (χ2n) is 2.51. The van der Waals surface area contributed by atoms with Crippen LogP contribution in [0, 0.1) is 0 Å². The van der Waals surface area contributed by atoms with Crippen LogP contribution in [0.1, 0.15) is 17.5 Å². The van der Waals surface area contributed by atoms with Crippen molar-refractivity contribution in [2.45, 2.75) is 6.92 Å². The molecular weight excluding hydrogens is 252 g/mol. The second kappa shape index (κ2) is 4.36. The van der Waals surface area contributed by atoms with Crippen LogP contribution in [0.15, 0.2) is 10.8 Å². The largest absolute Gasteiger partial charge is 0.460 e. The lowest BCUT2D eigenvalue weighted by molar-refractivity contribution is -0.137. The zero-order valence-electron chi connectivity index (χ0n) is 7.78. The van der Waals surface area contributed by atoms with Crippen molar-refractivity contribution in [3.05, 3.63) is 16.6 Å². The number of Topliss-reactive ketones (excluding diaryl/α,β-unsaturated/α-hetero) is 1. The molecular formula is C8H9BrN2O3. The summed E-state index contributed by atoms with van der Waals surface area (Å²) >= 11 is 3.17. The van der Waals surface area contributed by atoms with Gasteiger partial charge in [0.25, 0.3) is 0 Å². The molecule has 0 saturated carbocycles. The molecule has 0 unspecified atom stereocenters. The van der Waals surface area contributed by atoms with E-state index in [-0.39, 0.29) is 12.4 Å². The molecule has 5 nitrogen and oxygen atoms in total. The van der Waals surface area contributed by atoms with Gasteiger partial charge in [0.1, 0.15) is 4.60 Å². The van der Waals surface area contributed by atoms with Crippen molar-refractivity contribution in [1.29, 1.82) is 0 Å². The first-order chi connectivity index (χ1) is 6.57. The zero-order chi connectivity index (χ0) is 10.7. The molecule has 1 heterocycles. The maximum Gasteiger partial charge on any atom is 0.383 e. The maximum atomic E-state index is 11.4. The number of hydrogen-bond donors (Lipinski definition) is 0. The van der Waals surface area contributed by atoms with Gasteiger partial charge in [-0.3, -0.25) is 4.79 Å². The smallest absolute Gasteiger partial charge is 0.383 e. The van der Waals surface area contributed by atoms with Crippen molar-refractivity contribution >= 4 is 27.7 Å². The number of nitrogens with zero attached hydrogens (tertiary/aromatic N) is 2. The molecule has 1 aromatic rings. The van der Waals surface area contributed by atoms with Crippen LogP contribution in [-0.4, -0.2) is 27.9 Å². The molecule has 76 valence electrons. The first-order valence-corrected chi connectivity index (χ1v) is 4.76. The third-order valence-corrected chi connectivity index (χ3v) is 2.33. The van der Waals surface area contributed by atoms with E-state index in [1.165, 1.54) is 10.8 Å². The Morgan fingerprint density at radius 3 is 2.71 bits per heavy atom. The third kappa shape index (κ3) is 2.01. The van der Waals surface area contributed by atoms with Gasteiger partial charge in [0.15, 0.2) is 5.82 Å². The zero-order valence-corrected chi connectivity index (χ0v) is 9.37. The van der Waals surface area contributed by atoms with E-state index in [0.29, 0.717) is 4.60 Å². The highest BCUT2D eigenvalue weighted by Crippen LogP contribution is 2.10. The van der Waals surface area contributed by atoms with Crippen LogP contribution in [0.4, 0.5) is 0 Å². The summed E-state index contributed by atoms with van der Waals surface area (Å²) < 4.78 is 6.67. The van der Waals surface area contributed by atoms with E-state index in [9.17, 15) is 9.59 Å². The molecule has 0 aromatic carbocycles. The quantitative estimate of drug-likeness (QED) is 0.461. The molecule has 6 heteroatoms. The van der Waals surface area contributed by atoms with Gasteiger partial charge in [-0.05, 0) is 22.9 Å². The molecule has 0 N–H and O–H groups in total. The first kappa shape index (κ1) is 10.9. The Kier molecular flexibility index (Phi) is 3.40. The minimum absolute atomic E-state index is 0.0651. The molecule has 14 heavy (non-hydrogen) atoms.